The van der Waals surface area contributed by atoms with Gasteiger partial charge in [0.15, 0.2) is 5.58 Å². The second-order valence-corrected chi connectivity index (χ2v) is 5.28. The van der Waals surface area contributed by atoms with Gasteiger partial charge in [-0.25, -0.2) is 4.98 Å². The lowest BCUT2D eigenvalue weighted by atomic mass is 10.1. The molecule has 0 unspecified atom stereocenters. The normalized spacial score (nSPS) is 11.2. The van der Waals surface area contributed by atoms with Crippen LogP contribution in [0.15, 0.2) is 34.7 Å². The molecule has 0 atom stereocenters. The lowest BCUT2D eigenvalue weighted by Crippen LogP contribution is -1.85. The number of hydrogen-bond donors (Lipinski definition) is 0. The van der Waals surface area contributed by atoms with Crippen LogP contribution in [0, 0.1) is 20.8 Å². The highest BCUT2D eigenvalue weighted by Crippen LogP contribution is 2.30. The van der Waals surface area contributed by atoms with Gasteiger partial charge < -0.3 is 4.42 Å². The smallest absolute Gasteiger partial charge is 0.227 e. The highest BCUT2D eigenvalue weighted by Gasteiger charge is 2.13. The van der Waals surface area contributed by atoms with Gasteiger partial charge in [-0.2, -0.15) is 0 Å². The van der Waals surface area contributed by atoms with Crippen molar-refractivity contribution in [2.45, 2.75) is 20.8 Å². The molecule has 0 spiro atoms. The molecule has 96 valence electrons. The molecule has 0 N–H and O–H groups in total. The summed E-state index contributed by atoms with van der Waals surface area (Å²) in [4.78, 5) is 4.62. The molecule has 2 aromatic carbocycles. The Morgan fingerprint density at radius 3 is 2.58 bits per heavy atom. The Hall–Kier alpha value is -1.80. The summed E-state index contributed by atoms with van der Waals surface area (Å²) in [6.07, 6.45) is 0. The Morgan fingerprint density at radius 1 is 1.05 bits per heavy atom. The molecule has 0 aliphatic heterocycles. The summed E-state index contributed by atoms with van der Waals surface area (Å²) in [7, 11) is 0. The molecule has 19 heavy (non-hydrogen) atoms. The Labute approximate surface area is 117 Å². The van der Waals surface area contributed by atoms with Gasteiger partial charge in [0.05, 0.1) is 0 Å². The minimum Gasteiger partial charge on any atom is -0.436 e. The summed E-state index contributed by atoms with van der Waals surface area (Å²) < 4.78 is 5.91. The van der Waals surface area contributed by atoms with Crippen molar-refractivity contribution in [1.82, 2.24) is 4.98 Å². The first-order valence-electron chi connectivity index (χ1n) is 6.19. The largest absolute Gasteiger partial charge is 0.436 e. The van der Waals surface area contributed by atoms with Crippen LogP contribution >= 0.6 is 11.6 Å². The third kappa shape index (κ3) is 2.02. The molecule has 1 heterocycles. The van der Waals surface area contributed by atoms with Gasteiger partial charge in [0.2, 0.25) is 5.89 Å². The van der Waals surface area contributed by atoms with Crippen molar-refractivity contribution in [2.75, 3.05) is 0 Å². The Balaban J connectivity index is 2.28. The summed E-state index contributed by atoms with van der Waals surface area (Å²) >= 11 is 6.01. The van der Waals surface area contributed by atoms with Crippen molar-refractivity contribution in [3.63, 3.8) is 0 Å². The fourth-order valence-corrected chi connectivity index (χ4v) is 2.46. The second kappa shape index (κ2) is 4.39. The topological polar surface area (TPSA) is 26.0 Å². The number of aryl methyl sites for hydroxylation is 3. The number of nitrogens with zero attached hydrogens (tertiary/aromatic N) is 1. The molecule has 3 heteroatoms. The van der Waals surface area contributed by atoms with E-state index < -0.39 is 0 Å². The number of oxazole rings is 1. The monoisotopic (exact) mass is 271 g/mol. The van der Waals surface area contributed by atoms with Crippen molar-refractivity contribution in [2.24, 2.45) is 0 Å². The molecule has 0 amide bonds. The molecule has 0 bridgehead atoms. The van der Waals surface area contributed by atoms with Crippen molar-refractivity contribution < 1.29 is 4.42 Å². The van der Waals surface area contributed by atoms with Crippen LogP contribution in [-0.2, 0) is 0 Å². The maximum Gasteiger partial charge on any atom is 0.227 e. The van der Waals surface area contributed by atoms with Gasteiger partial charge in [-0.3, -0.25) is 0 Å². The zero-order chi connectivity index (χ0) is 13.6. The summed E-state index contributed by atoms with van der Waals surface area (Å²) in [6.45, 7) is 6.21. The van der Waals surface area contributed by atoms with Crippen LogP contribution < -0.4 is 0 Å². The first-order chi connectivity index (χ1) is 9.06. The number of aromatic nitrogens is 1. The molecule has 1 aromatic heterocycles. The van der Waals surface area contributed by atoms with Crippen molar-refractivity contribution >= 4 is 22.7 Å². The first kappa shape index (κ1) is 12.2. The molecule has 0 saturated heterocycles. The van der Waals surface area contributed by atoms with E-state index in [1.54, 1.807) is 0 Å². The number of hydrogen-bond acceptors (Lipinski definition) is 2. The average molecular weight is 272 g/mol. The van der Waals surface area contributed by atoms with Crippen LogP contribution in [-0.4, -0.2) is 4.98 Å². The van der Waals surface area contributed by atoms with Gasteiger partial charge in [0.1, 0.15) is 5.52 Å². The standard InChI is InChI=1S/C16H14ClNO/c1-9-7-10(2)15-14(11(9)3)18-16(19-15)12-5-4-6-13(17)8-12/h4-8H,1-3H3. The highest BCUT2D eigenvalue weighted by atomic mass is 35.5. The van der Waals surface area contributed by atoms with Crippen LogP contribution in [0.2, 0.25) is 5.02 Å². The number of fused-ring (bicyclic) bond motifs is 1. The Bertz CT molecular complexity index is 774. The summed E-state index contributed by atoms with van der Waals surface area (Å²) in [5.41, 5.74) is 6.21. The van der Waals surface area contributed by atoms with Crippen LogP contribution in [0.3, 0.4) is 0 Å². The van der Waals surface area contributed by atoms with Crippen molar-refractivity contribution in [3.8, 4) is 11.5 Å². The van der Waals surface area contributed by atoms with E-state index >= 15 is 0 Å². The molecule has 0 aliphatic carbocycles. The van der Waals surface area contributed by atoms with E-state index in [2.05, 4.69) is 24.9 Å². The molecule has 0 saturated carbocycles. The fraction of sp³-hybridized carbons (Fsp3) is 0.188. The highest BCUT2D eigenvalue weighted by molar-refractivity contribution is 6.30. The summed E-state index contributed by atoms with van der Waals surface area (Å²) in [5, 5.41) is 0.685. The molecular formula is C16H14ClNO. The lowest BCUT2D eigenvalue weighted by Gasteiger charge is -2.01. The molecule has 0 aliphatic rings. The van der Waals surface area contributed by atoms with Gasteiger partial charge in [0.25, 0.3) is 0 Å². The molecular weight excluding hydrogens is 258 g/mol. The predicted octanol–water partition coefficient (Wildman–Crippen LogP) is 5.07. The minimum absolute atomic E-state index is 0.620. The maximum absolute atomic E-state index is 6.01. The maximum atomic E-state index is 6.01. The van der Waals surface area contributed by atoms with E-state index in [0.717, 1.165) is 27.8 Å². The second-order valence-electron chi connectivity index (χ2n) is 4.84. The van der Waals surface area contributed by atoms with Gasteiger partial charge in [-0.1, -0.05) is 23.7 Å². The zero-order valence-corrected chi connectivity index (χ0v) is 11.9. The van der Waals surface area contributed by atoms with Crippen LogP contribution in [0.1, 0.15) is 16.7 Å². The van der Waals surface area contributed by atoms with Gasteiger partial charge in [0, 0.05) is 10.6 Å². The lowest BCUT2D eigenvalue weighted by molar-refractivity contribution is 0.617. The number of benzene rings is 2. The van der Waals surface area contributed by atoms with E-state index in [0.29, 0.717) is 10.9 Å². The molecule has 3 rings (SSSR count). The van der Waals surface area contributed by atoms with E-state index in [4.69, 9.17) is 16.0 Å². The van der Waals surface area contributed by atoms with E-state index in [1.165, 1.54) is 5.56 Å². The quantitative estimate of drug-likeness (QED) is 0.617. The number of rotatable bonds is 1. The predicted molar refractivity (Wildman–Crippen MR) is 78.7 cm³/mol. The minimum atomic E-state index is 0.620. The van der Waals surface area contributed by atoms with E-state index in [9.17, 15) is 0 Å². The van der Waals surface area contributed by atoms with Crippen LogP contribution in [0.5, 0.6) is 0 Å². The average Bonchev–Trinajstić information content (AvgIpc) is 2.82. The summed E-state index contributed by atoms with van der Waals surface area (Å²) in [5.74, 6) is 0.620. The first-order valence-corrected chi connectivity index (χ1v) is 6.57. The molecule has 0 radical (unpaired) electrons. The molecule has 3 aromatic rings. The molecule has 2 nitrogen and oxygen atoms in total. The SMILES string of the molecule is Cc1cc(C)c2oc(-c3cccc(Cl)c3)nc2c1C. The zero-order valence-electron chi connectivity index (χ0n) is 11.1. The van der Waals surface area contributed by atoms with Crippen molar-refractivity contribution in [3.05, 3.63) is 52.0 Å². The van der Waals surface area contributed by atoms with Gasteiger partial charge in [-0.15, -0.1) is 0 Å². The Morgan fingerprint density at radius 2 is 1.84 bits per heavy atom. The van der Waals surface area contributed by atoms with Crippen LogP contribution in [0.25, 0.3) is 22.6 Å². The van der Waals surface area contributed by atoms with Gasteiger partial charge in [-0.05, 0) is 55.7 Å². The van der Waals surface area contributed by atoms with E-state index in [-0.39, 0.29) is 0 Å². The van der Waals surface area contributed by atoms with Crippen molar-refractivity contribution in [1.29, 1.82) is 0 Å². The van der Waals surface area contributed by atoms with E-state index in [1.807, 2.05) is 31.2 Å². The third-order valence-corrected chi connectivity index (χ3v) is 3.67. The third-order valence-electron chi connectivity index (χ3n) is 3.44. The summed E-state index contributed by atoms with van der Waals surface area (Å²) in [6, 6.07) is 9.69. The number of halogens is 1. The Kier molecular flexibility index (Phi) is 2.83. The fourth-order valence-electron chi connectivity index (χ4n) is 2.27. The van der Waals surface area contributed by atoms with Crippen LogP contribution in [0.4, 0.5) is 0 Å². The van der Waals surface area contributed by atoms with Gasteiger partial charge >= 0.3 is 0 Å². The molecule has 0 fully saturated rings.